The van der Waals surface area contributed by atoms with E-state index in [0.29, 0.717) is 0 Å². The van der Waals surface area contributed by atoms with E-state index in [1.807, 2.05) is 0 Å². The van der Waals surface area contributed by atoms with E-state index in [1.54, 1.807) is 0 Å². The molecule has 11 heavy (non-hydrogen) atoms. The molecule has 0 saturated heterocycles. The van der Waals surface area contributed by atoms with Gasteiger partial charge in [-0.25, -0.2) is 0 Å². The minimum Gasteiger partial charge on any atom is -0.365 e. The Morgan fingerprint density at radius 3 is 2.36 bits per heavy atom. The van der Waals surface area contributed by atoms with E-state index >= 15 is 0 Å². The molecule has 3 atom stereocenters. The minimum atomic E-state index is 0.752. The van der Waals surface area contributed by atoms with Gasteiger partial charge in [0.1, 0.15) is 0 Å². The smallest absolute Gasteiger partial charge is 0.0532 e. The van der Waals surface area contributed by atoms with Crippen molar-refractivity contribution in [2.75, 3.05) is 6.61 Å². The first-order valence-corrected chi connectivity index (χ1v) is 5.05. The Kier molecular flexibility index (Phi) is 7.31. The van der Waals surface area contributed by atoms with Crippen molar-refractivity contribution < 1.29 is 4.52 Å². The largest absolute Gasteiger partial charge is 0.365 e. The highest BCUT2D eigenvalue weighted by Gasteiger charge is 2.13. The van der Waals surface area contributed by atoms with Gasteiger partial charge in [-0.15, -0.1) is 0 Å². The van der Waals surface area contributed by atoms with Crippen molar-refractivity contribution >= 4 is 9.47 Å². The number of rotatable bonds is 6. The topological polar surface area (TPSA) is 9.23 Å². The lowest BCUT2D eigenvalue weighted by Crippen LogP contribution is -2.15. The molecule has 0 radical (unpaired) electrons. The molecule has 0 aromatic heterocycles. The van der Waals surface area contributed by atoms with E-state index in [9.17, 15) is 0 Å². The second-order valence-electron chi connectivity index (χ2n) is 3.27. The molecule has 0 aliphatic heterocycles. The SMILES string of the molecule is CCCC(COP)C(C)CC. The summed E-state index contributed by atoms with van der Waals surface area (Å²) in [7, 11) is 2.34. The summed E-state index contributed by atoms with van der Waals surface area (Å²) in [5.74, 6) is 1.55. The molecule has 0 aromatic carbocycles. The molecule has 1 nitrogen and oxygen atoms in total. The zero-order chi connectivity index (χ0) is 8.69. The molecule has 68 valence electrons. The Balaban J connectivity index is 3.66. The molecule has 0 heterocycles. The fourth-order valence-electron chi connectivity index (χ4n) is 1.36. The number of hydrogen-bond donors (Lipinski definition) is 0. The predicted octanol–water partition coefficient (Wildman–Crippen LogP) is 3.26. The molecule has 0 saturated carbocycles. The van der Waals surface area contributed by atoms with Crippen LogP contribution in [-0.2, 0) is 4.52 Å². The lowest BCUT2D eigenvalue weighted by molar-refractivity contribution is 0.210. The molecule has 0 spiro atoms. The minimum absolute atomic E-state index is 0.752. The Morgan fingerprint density at radius 2 is 2.00 bits per heavy atom. The Labute approximate surface area is 73.2 Å². The van der Waals surface area contributed by atoms with Crippen LogP contribution in [0.3, 0.4) is 0 Å². The van der Waals surface area contributed by atoms with Gasteiger partial charge in [0.2, 0.25) is 0 Å². The monoisotopic (exact) mass is 176 g/mol. The van der Waals surface area contributed by atoms with Crippen LogP contribution in [0.5, 0.6) is 0 Å². The van der Waals surface area contributed by atoms with Crippen LogP contribution in [-0.4, -0.2) is 6.61 Å². The van der Waals surface area contributed by atoms with E-state index in [-0.39, 0.29) is 0 Å². The van der Waals surface area contributed by atoms with E-state index in [2.05, 4.69) is 30.2 Å². The first-order chi connectivity index (χ1) is 5.26. The summed E-state index contributed by atoms with van der Waals surface area (Å²) >= 11 is 0. The fourth-order valence-corrected chi connectivity index (χ4v) is 1.61. The van der Waals surface area contributed by atoms with Gasteiger partial charge in [0.25, 0.3) is 0 Å². The predicted molar refractivity (Wildman–Crippen MR) is 53.5 cm³/mol. The second kappa shape index (κ2) is 7.06. The highest BCUT2D eigenvalue weighted by molar-refractivity contribution is 7.09. The molecule has 0 fully saturated rings. The van der Waals surface area contributed by atoms with Crippen LogP contribution >= 0.6 is 9.47 Å². The van der Waals surface area contributed by atoms with Crippen LogP contribution in [0.15, 0.2) is 0 Å². The zero-order valence-electron chi connectivity index (χ0n) is 7.97. The molecule has 0 aromatic rings. The summed E-state index contributed by atoms with van der Waals surface area (Å²) in [5.41, 5.74) is 0. The molecular weight excluding hydrogens is 155 g/mol. The Bertz CT molecular complexity index is 79.6. The van der Waals surface area contributed by atoms with Gasteiger partial charge in [-0.2, -0.15) is 0 Å². The van der Waals surface area contributed by atoms with Crippen LogP contribution in [0.25, 0.3) is 0 Å². The van der Waals surface area contributed by atoms with Crippen molar-refractivity contribution in [2.24, 2.45) is 11.8 Å². The summed E-state index contributed by atoms with van der Waals surface area (Å²) in [6.07, 6.45) is 3.82. The van der Waals surface area contributed by atoms with Gasteiger partial charge in [-0.05, 0) is 18.3 Å². The molecule has 0 aliphatic rings. The third-order valence-corrected chi connectivity index (χ3v) is 2.61. The molecule has 0 aliphatic carbocycles. The summed E-state index contributed by atoms with van der Waals surface area (Å²) in [4.78, 5) is 0. The van der Waals surface area contributed by atoms with E-state index < -0.39 is 0 Å². The summed E-state index contributed by atoms with van der Waals surface area (Å²) in [5, 5.41) is 0. The first kappa shape index (κ1) is 11.4. The third kappa shape index (κ3) is 4.76. The maximum Gasteiger partial charge on any atom is 0.0532 e. The molecule has 0 rings (SSSR count). The summed E-state index contributed by atoms with van der Waals surface area (Å²) < 4.78 is 5.10. The van der Waals surface area contributed by atoms with Crippen molar-refractivity contribution in [3.05, 3.63) is 0 Å². The lowest BCUT2D eigenvalue weighted by Gasteiger charge is -2.21. The first-order valence-electron chi connectivity index (χ1n) is 4.57. The van der Waals surface area contributed by atoms with Gasteiger partial charge >= 0.3 is 0 Å². The average Bonchev–Trinajstić information content (AvgIpc) is 2.03. The fraction of sp³-hybridized carbons (Fsp3) is 1.00. The van der Waals surface area contributed by atoms with Crippen molar-refractivity contribution in [3.8, 4) is 0 Å². The normalized spacial score (nSPS) is 16.4. The third-order valence-electron chi connectivity index (χ3n) is 2.42. The summed E-state index contributed by atoms with van der Waals surface area (Å²) in [6.45, 7) is 7.69. The van der Waals surface area contributed by atoms with Gasteiger partial charge in [0, 0.05) is 9.47 Å². The van der Waals surface area contributed by atoms with Gasteiger partial charge in [0.05, 0.1) is 6.61 Å². The average molecular weight is 176 g/mol. The van der Waals surface area contributed by atoms with Gasteiger partial charge in [-0.1, -0.05) is 33.6 Å². The molecule has 2 heteroatoms. The van der Waals surface area contributed by atoms with E-state index in [1.165, 1.54) is 19.3 Å². The van der Waals surface area contributed by atoms with Crippen LogP contribution in [0.2, 0.25) is 0 Å². The van der Waals surface area contributed by atoms with Crippen molar-refractivity contribution in [1.82, 2.24) is 0 Å². The Morgan fingerprint density at radius 1 is 1.36 bits per heavy atom. The molecule has 0 amide bonds. The van der Waals surface area contributed by atoms with Crippen LogP contribution in [0.4, 0.5) is 0 Å². The standard InChI is InChI=1S/C9H21OP/c1-4-6-9(7-10-11)8(3)5-2/h8-9H,4-7,11H2,1-3H3. The molecular formula is C9H21OP. The maximum absolute atomic E-state index is 5.10. The van der Waals surface area contributed by atoms with Crippen LogP contribution in [0, 0.1) is 11.8 Å². The van der Waals surface area contributed by atoms with E-state index in [4.69, 9.17) is 4.52 Å². The number of hydrogen-bond acceptors (Lipinski definition) is 1. The van der Waals surface area contributed by atoms with Crippen molar-refractivity contribution in [3.63, 3.8) is 0 Å². The zero-order valence-corrected chi connectivity index (χ0v) is 9.12. The van der Waals surface area contributed by atoms with E-state index in [0.717, 1.165) is 18.4 Å². The van der Waals surface area contributed by atoms with Crippen LogP contribution < -0.4 is 0 Å². The van der Waals surface area contributed by atoms with Crippen LogP contribution in [0.1, 0.15) is 40.0 Å². The second-order valence-corrected chi connectivity index (χ2v) is 3.60. The lowest BCUT2D eigenvalue weighted by atomic mass is 9.89. The summed E-state index contributed by atoms with van der Waals surface area (Å²) in [6, 6.07) is 0. The van der Waals surface area contributed by atoms with Gasteiger partial charge in [-0.3, -0.25) is 0 Å². The quantitative estimate of drug-likeness (QED) is 0.564. The van der Waals surface area contributed by atoms with Crippen molar-refractivity contribution in [2.45, 2.75) is 40.0 Å². The molecule has 3 unspecified atom stereocenters. The van der Waals surface area contributed by atoms with Gasteiger partial charge < -0.3 is 4.52 Å². The maximum atomic E-state index is 5.10. The highest BCUT2D eigenvalue weighted by atomic mass is 31.0. The Hall–Kier alpha value is 0.390. The van der Waals surface area contributed by atoms with Gasteiger partial charge in [0.15, 0.2) is 0 Å². The highest BCUT2D eigenvalue weighted by Crippen LogP contribution is 2.21. The molecule has 0 bridgehead atoms. The van der Waals surface area contributed by atoms with Crippen molar-refractivity contribution in [1.29, 1.82) is 0 Å². The molecule has 0 N–H and O–H groups in total.